The van der Waals surface area contributed by atoms with Crippen LogP contribution in [0.25, 0.3) is 11.0 Å². The first-order valence-corrected chi connectivity index (χ1v) is 7.14. The quantitative estimate of drug-likeness (QED) is 0.881. The Kier molecular flexibility index (Phi) is 4.22. The fraction of sp³-hybridized carbons (Fsp3) is 0.500. The fourth-order valence-electron chi connectivity index (χ4n) is 2.07. The molecule has 0 bridgehead atoms. The first kappa shape index (κ1) is 14.4. The minimum atomic E-state index is 0.162. The maximum Gasteiger partial charge on any atom is 0.134 e. The van der Waals surface area contributed by atoms with Crippen molar-refractivity contribution in [1.29, 1.82) is 0 Å². The SMILES string of the molecule is CC(CNC(C)(C)C)Cc1cc2cc(Cl)ccc2o1. The molecule has 2 aromatic rings. The van der Waals surface area contributed by atoms with Gasteiger partial charge in [-0.3, -0.25) is 0 Å². The molecule has 0 aliphatic heterocycles. The average Bonchev–Trinajstić information content (AvgIpc) is 2.66. The summed E-state index contributed by atoms with van der Waals surface area (Å²) in [5.74, 6) is 1.57. The van der Waals surface area contributed by atoms with E-state index in [1.807, 2.05) is 18.2 Å². The Morgan fingerprint density at radius 2 is 2.00 bits per heavy atom. The third-order valence-corrected chi connectivity index (χ3v) is 3.29. The lowest BCUT2D eigenvalue weighted by Crippen LogP contribution is -2.38. The van der Waals surface area contributed by atoms with Crippen molar-refractivity contribution in [1.82, 2.24) is 5.32 Å². The largest absolute Gasteiger partial charge is 0.461 e. The van der Waals surface area contributed by atoms with Gasteiger partial charge in [-0.1, -0.05) is 18.5 Å². The summed E-state index contributed by atoms with van der Waals surface area (Å²) in [5.41, 5.74) is 1.07. The molecule has 1 aromatic carbocycles. The minimum Gasteiger partial charge on any atom is -0.461 e. The van der Waals surface area contributed by atoms with E-state index in [1.165, 1.54) is 0 Å². The van der Waals surface area contributed by atoms with E-state index in [4.69, 9.17) is 16.0 Å². The number of benzene rings is 1. The third kappa shape index (κ3) is 4.26. The van der Waals surface area contributed by atoms with E-state index in [0.29, 0.717) is 5.92 Å². The number of furan rings is 1. The van der Waals surface area contributed by atoms with E-state index in [-0.39, 0.29) is 5.54 Å². The number of hydrogen-bond acceptors (Lipinski definition) is 2. The predicted molar refractivity (Wildman–Crippen MR) is 81.8 cm³/mol. The Labute approximate surface area is 120 Å². The molecule has 2 nitrogen and oxygen atoms in total. The molecule has 0 saturated heterocycles. The van der Waals surface area contributed by atoms with Crippen molar-refractivity contribution in [3.63, 3.8) is 0 Å². The molecule has 1 aromatic heterocycles. The van der Waals surface area contributed by atoms with Crippen molar-refractivity contribution >= 4 is 22.6 Å². The van der Waals surface area contributed by atoms with Crippen molar-refractivity contribution < 1.29 is 4.42 Å². The molecule has 0 fully saturated rings. The molecule has 0 radical (unpaired) electrons. The topological polar surface area (TPSA) is 25.2 Å². The van der Waals surface area contributed by atoms with E-state index >= 15 is 0 Å². The number of fused-ring (bicyclic) bond motifs is 1. The van der Waals surface area contributed by atoms with E-state index < -0.39 is 0 Å². The van der Waals surface area contributed by atoms with E-state index in [1.54, 1.807) is 0 Å². The van der Waals surface area contributed by atoms with Gasteiger partial charge in [0.1, 0.15) is 11.3 Å². The number of rotatable bonds is 4. The summed E-state index contributed by atoms with van der Waals surface area (Å²) in [6, 6.07) is 7.83. The Morgan fingerprint density at radius 3 is 2.68 bits per heavy atom. The molecule has 2 rings (SSSR count). The van der Waals surface area contributed by atoms with Crippen molar-refractivity contribution in [3.05, 3.63) is 35.0 Å². The summed E-state index contributed by atoms with van der Waals surface area (Å²) in [6.07, 6.45) is 0.940. The minimum absolute atomic E-state index is 0.162. The van der Waals surface area contributed by atoms with Crippen molar-refractivity contribution in [2.45, 2.75) is 39.7 Å². The molecule has 0 aliphatic carbocycles. The molecule has 0 amide bonds. The normalized spacial score (nSPS) is 13.9. The molecular formula is C16H22ClNO. The van der Waals surface area contributed by atoms with Gasteiger partial charge in [0, 0.05) is 22.4 Å². The zero-order chi connectivity index (χ0) is 14.0. The molecule has 0 aliphatic rings. The molecule has 19 heavy (non-hydrogen) atoms. The van der Waals surface area contributed by atoms with Gasteiger partial charge < -0.3 is 9.73 Å². The first-order chi connectivity index (χ1) is 8.83. The van der Waals surface area contributed by atoms with Crippen LogP contribution in [0.4, 0.5) is 0 Å². The maximum absolute atomic E-state index is 5.98. The van der Waals surface area contributed by atoms with E-state index in [0.717, 1.165) is 34.7 Å². The highest BCUT2D eigenvalue weighted by molar-refractivity contribution is 6.31. The van der Waals surface area contributed by atoms with Gasteiger partial charge >= 0.3 is 0 Å². The Balaban J connectivity index is 2.01. The summed E-state index contributed by atoms with van der Waals surface area (Å²) < 4.78 is 5.84. The van der Waals surface area contributed by atoms with Gasteiger partial charge in [-0.05, 0) is 57.5 Å². The summed E-state index contributed by atoms with van der Waals surface area (Å²) in [6.45, 7) is 9.77. The molecule has 1 N–H and O–H groups in total. The molecule has 1 atom stereocenters. The van der Waals surface area contributed by atoms with Gasteiger partial charge in [0.2, 0.25) is 0 Å². The van der Waals surface area contributed by atoms with Gasteiger partial charge in [0.05, 0.1) is 0 Å². The Bertz CT molecular complexity index is 553. The lowest BCUT2D eigenvalue weighted by Gasteiger charge is -2.23. The van der Waals surface area contributed by atoms with Crippen LogP contribution in [0.15, 0.2) is 28.7 Å². The van der Waals surface area contributed by atoms with Crippen LogP contribution >= 0.6 is 11.6 Å². The molecule has 0 saturated carbocycles. The monoisotopic (exact) mass is 279 g/mol. The fourth-order valence-corrected chi connectivity index (χ4v) is 2.25. The van der Waals surface area contributed by atoms with Crippen LogP contribution in [0.2, 0.25) is 5.02 Å². The van der Waals surface area contributed by atoms with E-state index in [2.05, 4.69) is 39.1 Å². The van der Waals surface area contributed by atoms with Crippen molar-refractivity contribution in [3.8, 4) is 0 Å². The van der Waals surface area contributed by atoms with Crippen LogP contribution in [0.3, 0.4) is 0 Å². The van der Waals surface area contributed by atoms with Crippen molar-refractivity contribution in [2.75, 3.05) is 6.54 Å². The maximum atomic E-state index is 5.98. The predicted octanol–water partition coefficient (Wildman–Crippen LogP) is 4.65. The van der Waals surface area contributed by atoms with Crippen molar-refractivity contribution in [2.24, 2.45) is 5.92 Å². The summed E-state index contributed by atoms with van der Waals surface area (Å²) >= 11 is 5.98. The molecule has 104 valence electrons. The van der Waals surface area contributed by atoms with Gasteiger partial charge in [0.15, 0.2) is 0 Å². The van der Waals surface area contributed by atoms with Crippen LogP contribution < -0.4 is 5.32 Å². The second-order valence-electron chi connectivity index (χ2n) is 6.34. The second kappa shape index (κ2) is 5.56. The van der Waals surface area contributed by atoms with E-state index in [9.17, 15) is 0 Å². The molecule has 1 heterocycles. The first-order valence-electron chi connectivity index (χ1n) is 6.76. The summed E-state index contributed by atoms with van der Waals surface area (Å²) in [7, 11) is 0. The van der Waals surface area contributed by atoms with Gasteiger partial charge in [-0.2, -0.15) is 0 Å². The number of nitrogens with one attached hydrogen (secondary N) is 1. The van der Waals surface area contributed by atoms with Crippen LogP contribution in [0.1, 0.15) is 33.5 Å². The summed E-state index contributed by atoms with van der Waals surface area (Å²) in [4.78, 5) is 0. The highest BCUT2D eigenvalue weighted by atomic mass is 35.5. The zero-order valence-corrected chi connectivity index (χ0v) is 12.8. The molecule has 3 heteroatoms. The van der Waals surface area contributed by atoms with Gasteiger partial charge in [0.25, 0.3) is 0 Å². The number of halogens is 1. The third-order valence-electron chi connectivity index (χ3n) is 3.06. The lowest BCUT2D eigenvalue weighted by molar-refractivity contribution is 0.370. The average molecular weight is 280 g/mol. The smallest absolute Gasteiger partial charge is 0.134 e. The van der Waals surface area contributed by atoms with Crippen LogP contribution in [0, 0.1) is 5.92 Å². The highest BCUT2D eigenvalue weighted by Gasteiger charge is 2.13. The standard InChI is InChI=1S/C16H22ClNO/c1-11(10-18-16(2,3)4)7-14-9-12-8-13(17)5-6-15(12)19-14/h5-6,8-9,11,18H,7,10H2,1-4H3. The van der Waals surface area contributed by atoms with Crippen LogP contribution in [0.5, 0.6) is 0 Å². The zero-order valence-electron chi connectivity index (χ0n) is 12.1. The van der Waals surface area contributed by atoms with Gasteiger partial charge in [-0.15, -0.1) is 0 Å². The Hall–Kier alpha value is -0.990. The number of hydrogen-bond donors (Lipinski definition) is 1. The van der Waals surface area contributed by atoms with Gasteiger partial charge in [-0.25, -0.2) is 0 Å². The Morgan fingerprint density at radius 1 is 1.26 bits per heavy atom. The van der Waals surface area contributed by atoms with Crippen LogP contribution in [-0.2, 0) is 6.42 Å². The lowest BCUT2D eigenvalue weighted by atomic mass is 10.0. The molecule has 0 spiro atoms. The summed E-state index contributed by atoms with van der Waals surface area (Å²) in [5, 5.41) is 5.36. The van der Waals surface area contributed by atoms with Crippen LogP contribution in [-0.4, -0.2) is 12.1 Å². The highest BCUT2D eigenvalue weighted by Crippen LogP contribution is 2.24. The molecular weight excluding hydrogens is 258 g/mol. The second-order valence-corrected chi connectivity index (χ2v) is 6.77. The molecule has 1 unspecified atom stereocenters.